The molecular formula is C22H25ClN2O2. The van der Waals surface area contributed by atoms with Crippen LogP contribution in [-0.4, -0.2) is 29.8 Å². The van der Waals surface area contributed by atoms with Crippen molar-refractivity contribution in [3.63, 3.8) is 0 Å². The van der Waals surface area contributed by atoms with Gasteiger partial charge in [0.15, 0.2) is 0 Å². The number of nitrogens with one attached hydrogen (secondary N) is 1. The van der Waals surface area contributed by atoms with Crippen molar-refractivity contribution in [1.82, 2.24) is 4.90 Å². The van der Waals surface area contributed by atoms with Crippen LogP contribution < -0.4 is 5.32 Å². The molecule has 0 radical (unpaired) electrons. The molecule has 1 heterocycles. The zero-order valence-electron chi connectivity index (χ0n) is 16.0. The molecule has 3 rings (SSSR count). The maximum Gasteiger partial charge on any atom is 0.253 e. The van der Waals surface area contributed by atoms with Gasteiger partial charge in [0.05, 0.1) is 0 Å². The van der Waals surface area contributed by atoms with Crippen molar-refractivity contribution < 1.29 is 9.59 Å². The van der Waals surface area contributed by atoms with Gasteiger partial charge in [-0.05, 0) is 74.6 Å². The lowest BCUT2D eigenvalue weighted by atomic mass is 9.95. The van der Waals surface area contributed by atoms with Gasteiger partial charge in [0.1, 0.15) is 0 Å². The number of benzene rings is 2. The molecule has 142 valence electrons. The number of carbonyl (C=O) groups excluding carboxylic acids is 2. The van der Waals surface area contributed by atoms with E-state index in [9.17, 15) is 9.59 Å². The largest absolute Gasteiger partial charge is 0.339 e. The first kappa shape index (κ1) is 19.4. The molecule has 2 aromatic rings. The average molecular weight is 385 g/mol. The summed E-state index contributed by atoms with van der Waals surface area (Å²) in [5.74, 6) is -0.0477. The van der Waals surface area contributed by atoms with E-state index in [1.165, 1.54) is 5.56 Å². The maximum absolute atomic E-state index is 12.7. The molecule has 1 N–H and O–H groups in total. The number of likely N-dealkylation sites (tertiary alicyclic amines) is 1. The SMILES string of the molecule is Cc1ccc(C(=O)N2CCC(C(=O)Nc3cccc(Cl)c3C)CC2)cc1C. The zero-order valence-corrected chi connectivity index (χ0v) is 16.8. The van der Waals surface area contributed by atoms with E-state index in [2.05, 4.69) is 5.32 Å². The third kappa shape index (κ3) is 4.33. The fraction of sp³-hybridized carbons (Fsp3) is 0.364. The lowest BCUT2D eigenvalue weighted by Crippen LogP contribution is -2.41. The minimum atomic E-state index is -0.0906. The summed E-state index contributed by atoms with van der Waals surface area (Å²) in [6.07, 6.45) is 1.34. The van der Waals surface area contributed by atoms with Gasteiger partial charge in [-0.3, -0.25) is 9.59 Å². The normalized spacial score (nSPS) is 14.9. The van der Waals surface area contributed by atoms with Crippen molar-refractivity contribution >= 4 is 29.1 Å². The van der Waals surface area contributed by atoms with Gasteiger partial charge in [0, 0.05) is 35.3 Å². The molecule has 1 aliphatic rings. The number of aryl methyl sites for hydroxylation is 2. The topological polar surface area (TPSA) is 49.4 Å². The van der Waals surface area contributed by atoms with Gasteiger partial charge in [-0.1, -0.05) is 23.7 Å². The van der Waals surface area contributed by atoms with Gasteiger partial charge in [-0.2, -0.15) is 0 Å². The average Bonchev–Trinajstić information content (AvgIpc) is 2.67. The molecule has 0 saturated carbocycles. The van der Waals surface area contributed by atoms with Gasteiger partial charge in [-0.15, -0.1) is 0 Å². The van der Waals surface area contributed by atoms with Gasteiger partial charge in [0.2, 0.25) is 5.91 Å². The summed E-state index contributed by atoms with van der Waals surface area (Å²) in [4.78, 5) is 27.2. The Bertz CT molecular complexity index is 871. The molecular weight excluding hydrogens is 360 g/mol. The molecule has 2 amide bonds. The number of carbonyl (C=O) groups is 2. The second kappa shape index (κ2) is 8.13. The number of piperidine rings is 1. The Hall–Kier alpha value is -2.33. The quantitative estimate of drug-likeness (QED) is 0.829. The predicted molar refractivity (Wildman–Crippen MR) is 109 cm³/mol. The van der Waals surface area contributed by atoms with Crippen molar-refractivity contribution in [3.05, 3.63) is 63.7 Å². The molecule has 0 aliphatic carbocycles. The summed E-state index contributed by atoms with van der Waals surface area (Å²) < 4.78 is 0. The first-order valence-electron chi connectivity index (χ1n) is 9.29. The van der Waals surface area contributed by atoms with Crippen molar-refractivity contribution in [3.8, 4) is 0 Å². The van der Waals surface area contributed by atoms with E-state index < -0.39 is 0 Å². The third-order valence-corrected chi connectivity index (χ3v) is 5.84. The third-order valence-electron chi connectivity index (χ3n) is 5.43. The number of anilines is 1. The molecule has 4 nitrogen and oxygen atoms in total. The molecule has 5 heteroatoms. The van der Waals surface area contributed by atoms with Crippen LogP contribution in [0.25, 0.3) is 0 Å². The van der Waals surface area contributed by atoms with Crippen molar-refractivity contribution in [2.24, 2.45) is 5.92 Å². The number of halogens is 1. The zero-order chi connectivity index (χ0) is 19.6. The molecule has 1 fully saturated rings. The monoisotopic (exact) mass is 384 g/mol. The van der Waals surface area contributed by atoms with Crippen molar-refractivity contribution in [2.45, 2.75) is 33.6 Å². The molecule has 1 aliphatic heterocycles. The molecule has 0 spiro atoms. The van der Waals surface area contributed by atoms with E-state index in [0.29, 0.717) is 31.0 Å². The number of nitrogens with zero attached hydrogens (tertiary/aromatic N) is 1. The Morgan fingerprint density at radius 3 is 2.41 bits per heavy atom. The Morgan fingerprint density at radius 1 is 1.04 bits per heavy atom. The number of rotatable bonds is 3. The van der Waals surface area contributed by atoms with Crippen molar-refractivity contribution in [2.75, 3.05) is 18.4 Å². The first-order chi connectivity index (χ1) is 12.9. The molecule has 1 saturated heterocycles. The van der Waals surface area contributed by atoms with Crippen LogP contribution in [0.1, 0.15) is 39.9 Å². The van der Waals surface area contributed by atoms with E-state index in [-0.39, 0.29) is 17.7 Å². The molecule has 0 aromatic heterocycles. The Labute approximate surface area is 165 Å². The van der Waals surface area contributed by atoms with Gasteiger partial charge < -0.3 is 10.2 Å². The number of hydrogen-bond donors (Lipinski definition) is 1. The maximum atomic E-state index is 12.7. The number of hydrogen-bond acceptors (Lipinski definition) is 2. The predicted octanol–water partition coefficient (Wildman–Crippen LogP) is 4.76. The summed E-state index contributed by atoms with van der Waals surface area (Å²) >= 11 is 6.12. The number of amides is 2. The van der Waals surface area contributed by atoms with E-state index in [1.54, 1.807) is 0 Å². The Morgan fingerprint density at radius 2 is 1.74 bits per heavy atom. The minimum Gasteiger partial charge on any atom is -0.339 e. The summed E-state index contributed by atoms with van der Waals surface area (Å²) in [6.45, 7) is 7.13. The molecule has 27 heavy (non-hydrogen) atoms. The summed E-state index contributed by atoms with van der Waals surface area (Å²) in [7, 11) is 0. The summed E-state index contributed by atoms with van der Waals surface area (Å²) in [5.41, 5.74) is 4.64. The van der Waals surface area contributed by atoms with Crippen LogP contribution in [0.4, 0.5) is 5.69 Å². The minimum absolute atomic E-state index is 0.00125. The highest BCUT2D eigenvalue weighted by Gasteiger charge is 2.28. The first-order valence-corrected chi connectivity index (χ1v) is 9.67. The van der Waals surface area contributed by atoms with E-state index >= 15 is 0 Å². The van der Waals surface area contributed by atoms with Crippen LogP contribution >= 0.6 is 11.6 Å². The fourth-order valence-corrected chi connectivity index (χ4v) is 3.55. The highest BCUT2D eigenvalue weighted by molar-refractivity contribution is 6.31. The van der Waals surface area contributed by atoms with E-state index in [1.807, 2.05) is 62.1 Å². The second-order valence-electron chi connectivity index (χ2n) is 7.27. The van der Waals surface area contributed by atoms with Gasteiger partial charge in [-0.25, -0.2) is 0 Å². The van der Waals surface area contributed by atoms with Crippen LogP contribution in [-0.2, 0) is 4.79 Å². The van der Waals surface area contributed by atoms with Crippen LogP contribution in [0.2, 0.25) is 5.02 Å². The lowest BCUT2D eigenvalue weighted by molar-refractivity contribution is -0.121. The van der Waals surface area contributed by atoms with Gasteiger partial charge in [0.25, 0.3) is 5.91 Å². The molecule has 0 bridgehead atoms. The summed E-state index contributed by atoms with van der Waals surface area (Å²) in [6, 6.07) is 11.3. The Balaban J connectivity index is 1.59. The standard InChI is InChI=1S/C22H25ClN2O2/c1-14-7-8-18(13-15(14)2)22(27)25-11-9-17(10-12-25)21(26)24-20-6-4-5-19(23)16(20)3/h4-8,13,17H,9-12H2,1-3H3,(H,24,26). The molecule has 0 unspecified atom stereocenters. The van der Waals surface area contributed by atoms with Crippen LogP contribution in [0.3, 0.4) is 0 Å². The summed E-state index contributed by atoms with van der Waals surface area (Å²) in [5, 5.41) is 3.62. The highest BCUT2D eigenvalue weighted by Crippen LogP contribution is 2.26. The van der Waals surface area contributed by atoms with Crippen LogP contribution in [0.5, 0.6) is 0 Å². The molecule has 2 aromatic carbocycles. The smallest absolute Gasteiger partial charge is 0.253 e. The fourth-order valence-electron chi connectivity index (χ4n) is 3.38. The molecule has 0 atom stereocenters. The highest BCUT2D eigenvalue weighted by atomic mass is 35.5. The van der Waals surface area contributed by atoms with E-state index in [4.69, 9.17) is 11.6 Å². The van der Waals surface area contributed by atoms with Crippen LogP contribution in [0, 0.1) is 26.7 Å². The van der Waals surface area contributed by atoms with Crippen LogP contribution in [0.15, 0.2) is 36.4 Å². The van der Waals surface area contributed by atoms with E-state index in [0.717, 1.165) is 22.4 Å². The van der Waals surface area contributed by atoms with Gasteiger partial charge >= 0.3 is 0 Å². The Kier molecular flexibility index (Phi) is 5.85. The van der Waals surface area contributed by atoms with Crippen molar-refractivity contribution in [1.29, 1.82) is 0 Å². The second-order valence-corrected chi connectivity index (χ2v) is 7.67. The lowest BCUT2D eigenvalue weighted by Gasteiger charge is -2.31.